The standard InChI is InChI=1S/C16H22N.BrH/c1-15-8-10-16(11-9-15)7-6-14-17(2)12-4-3-5-13-17;/h8-11H,3-5,12-14H2,1-2H3;1H/q+1;/p-1. The lowest BCUT2D eigenvalue weighted by Crippen LogP contribution is -3.00. The maximum Gasteiger partial charge on any atom is 0.141 e. The van der Waals surface area contributed by atoms with Gasteiger partial charge in [-0.2, -0.15) is 0 Å². The van der Waals surface area contributed by atoms with Gasteiger partial charge in [-0.3, -0.25) is 0 Å². The molecule has 18 heavy (non-hydrogen) atoms. The fourth-order valence-electron chi connectivity index (χ4n) is 2.40. The highest BCUT2D eigenvalue weighted by atomic mass is 79.9. The molecule has 1 nitrogen and oxygen atoms in total. The number of hydrogen-bond donors (Lipinski definition) is 0. The minimum Gasteiger partial charge on any atom is -1.00 e. The third kappa shape index (κ3) is 4.48. The second kappa shape index (κ2) is 6.97. The maximum absolute atomic E-state index is 3.35. The Morgan fingerprint density at radius 1 is 1.06 bits per heavy atom. The van der Waals surface area contributed by atoms with Crippen LogP contribution in [0.5, 0.6) is 0 Å². The minimum atomic E-state index is 0. The van der Waals surface area contributed by atoms with Gasteiger partial charge >= 0.3 is 0 Å². The number of rotatable bonds is 1. The van der Waals surface area contributed by atoms with Crippen molar-refractivity contribution < 1.29 is 21.5 Å². The normalized spacial score (nSPS) is 17.2. The predicted molar refractivity (Wildman–Crippen MR) is 72.7 cm³/mol. The molecule has 0 radical (unpaired) electrons. The van der Waals surface area contributed by atoms with Crippen LogP contribution in [0.1, 0.15) is 30.4 Å². The van der Waals surface area contributed by atoms with Crippen LogP contribution in [-0.4, -0.2) is 31.2 Å². The molecule has 0 spiro atoms. The summed E-state index contributed by atoms with van der Waals surface area (Å²) in [6, 6.07) is 8.47. The maximum atomic E-state index is 3.35. The van der Waals surface area contributed by atoms with Crippen molar-refractivity contribution in [3.05, 3.63) is 35.4 Å². The smallest absolute Gasteiger partial charge is 0.141 e. The molecule has 1 heterocycles. The Morgan fingerprint density at radius 2 is 1.67 bits per heavy atom. The fraction of sp³-hybridized carbons (Fsp3) is 0.500. The van der Waals surface area contributed by atoms with E-state index in [0.29, 0.717) is 0 Å². The summed E-state index contributed by atoms with van der Waals surface area (Å²) in [5, 5.41) is 0. The summed E-state index contributed by atoms with van der Waals surface area (Å²) in [5.41, 5.74) is 2.43. The summed E-state index contributed by atoms with van der Waals surface area (Å²) in [6.45, 7) is 5.69. The van der Waals surface area contributed by atoms with Crippen molar-refractivity contribution in [2.75, 3.05) is 26.7 Å². The lowest BCUT2D eigenvalue weighted by Gasteiger charge is -2.35. The first kappa shape index (κ1) is 15.3. The average molecular weight is 308 g/mol. The Bertz CT molecular complexity index is 419. The Balaban J connectivity index is 0.00000162. The number of piperidine rings is 1. The molecule has 0 saturated carbocycles. The Hall–Kier alpha value is -0.780. The summed E-state index contributed by atoms with van der Waals surface area (Å²) in [5.74, 6) is 6.63. The van der Waals surface area contributed by atoms with Gasteiger partial charge in [0.25, 0.3) is 0 Å². The van der Waals surface area contributed by atoms with Crippen LogP contribution in [0.2, 0.25) is 0 Å². The number of likely N-dealkylation sites (tertiary alicyclic amines) is 1. The van der Waals surface area contributed by atoms with E-state index in [1.807, 2.05) is 0 Å². The third-order valence-corrected chi connectivity index (χ3v) is 3.64. The zero-order chi connectivity index (χ0) is 12.1. The molecule has 2 heteroatoms. The molecule has 0 N–H and O–H groups in total. The van der Waals surface area contributed by atoms with Gasteiger partial charge in [-0.15, -0.1) is 0 Å². The first-order valence-electron chi connectivity index (χ1n) is 6.57. The lowest BCUT2D eigenvalue weighted by molar-refractivity contribution is -0.907. The molecule has 1 saturated heterocycles. The zero-order valence-electron chi connectivity index (χ0n) is 11.4. The predicted octanol–water partition coefficient (Wildman–Crippen LogP) is -0.0190. The number of hydrogen-bond acceptors (Lipinski definition) is 0. The van der Waals surface area contributed by atoms with Gasteiger partial charge in [0.1, 0.15) is 6.54 Å². The van der Waals surface area contributed by atoms with E-state index in [4.69, 9.17) is 0 Å². The van der Waals surface area contributed by atoms with E-state index in [1.54, 1.807) is 0 Å². The van der Waals surface area contributed by atoms with E-state index < -0.39 is 0 Å². The minimum absolute atomic E-state index is 0. The Morgan fingerprint density at radius 3 is 2.28 bits per heavy atom. The molecule has 1 aliphatic heterocycles. The Labute approximate surface area is 122 Å². The van der Waals surface area contributed by atoms with Crippen LogP contribution < -0.4 is 17.0 Å². The lowest BCUT2D eigenvalue weighted by atomic mass is 10.1. The largest absolute Gasteiger partial charge is 1.00 e. The molecule has 1 aromatic carbocycles. The van der Waals surface area contributed by atoms with Crippen molar-refractivity contribution >= 4 is 0 Å². The number of nitrogens with zero attached hydrogens (tertiary/aromatic N) is 1. The van der Waals surface area contributed by atoms with Crippen LogP contribution in [0, 0.1) is 18.8 Å². The van der Waals surface area contributed by atoms with Crippen molar-refractivity contribution in [2.24, 2.45) is 0 Å². The zero-order valence-corrected chi connectivity index (χ0v) is 13.0. The topological polar surface area (TPSA) is 0 Å². The first-order chi connectivity index (χ1) is 8.18. The summed E-state index contributed by atoms with van der Waals surface area (Å²) in [6.07, 6.45) is 4.13. The molecule has 0 bridgehead atoms. The first-order valence-corrected chi connectivity index (χ1v) is 6.57. The van der Waals surface area contributed by atoms with E-state index in [2.05, 4.69) is 50.1 Å². The molecular weight excluding hydrogens is 286 g/mol. The molecule has 98 valence electrons. The number of halogens is 1. The van der Waals surface area contributed by atoms with Crippen molar-refractivity contribution in [3.63, 3.8) is 0 Å². The molecular formula is C16H22BrN. The van der Waals surface area contributed by atoms with Gasteiger partial charge in [0.2, 0.25) is 0 Å². The molecule has 0 aliphatic carbocycles. The van der Waals surface area contributed by atoms with Gasteiger partial charge in [0.15, 0.2) is 0 Å². The van der Waals surface area contributed by atoms with E-state index in [1.165, 1.54) is 37.9 Å². The van der Waals surface area contributed by atoms with Gasteiger partial charge in [-0.1, -0.05) is 23.6 Å². The van der Waals surface area contributed by atoms with Crippen LogP contribution in [0.15, 0.2) is 24.3 Å². The average Bonchev–Trinajstić information content (AvgIpc) is 2.32. The second-order valence-corrected chi connectivity index (χ2v) is 5.45. The molecule has 0 atom stereocenters. The van der Waals surface area contributed by atoms with Crippen LogP contribution in [0.25, 0.3) is 0 Å². The molecule has 0 aromatic heterocycles. The highest BCUT2D eigenvalue weighted by Gasteiger charge is 2.22. The number of quaternary nitrogens is 1. The molecule has 0 amide bonds. The number of benzene rings is 1. The summed E-state index contributed by atoms with van der Waals surface area (Å²) in [4.78, 5) is 0. The highest BCUT2D eigenvalue weighted by molar-refractivity contribution is 5.35. The van der Waals surface area contributed by atoms with Crippen molar-refractivity contribution in [1.82, 2.24) is 0 Å². The van der Waals surface area contributed by atoms with Crippen molar-refractivity contribution in [3.8, 4) is 11.8 Å². The van der Waals surface area contributed by atoms with E-state index >= 15 is 0 Å². The monoisotopic (exact) mass is 307 g/mol. The van der Waals surface area contributed by atoms with Crippen LogP contribution in [0.4, 0.5) is 0 Å². The van der Waals surface area contributed by atoms with Gasteiger partial charge < -0.3 is 21.5 Å². The van der Waals surface area contributed by atoms with Gasteiger partial charge in [0.05, 0.1) is 20.1 Å². The SMILES string of the molecule is Cc1ccc(C#CC[N+]2(C)CCCCC2)cc1.[Br-]. The molecule has 2 rings (SSSR count). The molecule has 0 unspecified atom stereocenters. The molecule has 1 aliphatic rings. The van der Waals surface area contributed by atoms with Gasteiger partial charge in [0, 0.05) is 5.56 Å². The quantitative estimate of drug-likeness (QED) is 0.505. The summed E-state index contributed by atoms with van der Waals surface area (Å²) < 4.78 is 1.14. The third-order valence-electron chi connectivity index (χ3n) is 3.64. The van der Waals surface area contributed by atoms with E-state index in [9.17, 15) is 0 Å². The van der Waals surface area contributed by atoms with Crippen molar-refractivity contribution in [1.29, 1.82) is 0 Å². The van der Waals surface area contributed by atoms with Crippen LogP contribution in [-0.2, 0) is 0 Å². The van der Waals surface area contributed by atoms with E-state index in [-0.39, 0.29) is 17.0 Å². The highest BCUT2D eigenvalue weighted by Crippen LogP contribution is 2.15. The second-order valence-electron chi connectivity index (χ2n) is 5.45. The van der Waals surface area contributed by atoms with Gasteiger partial charge in [-0.05, 0) is 44.2 Å². The Kier molecular flexibility index (Phi) is 5.91. The molecule has 1 fully saturated rings. The number of aryl methyl sites for hydroxylation is 1. The van der Waals surface area contributed by atoms with Gasteiger partial charge in [-0.25, -0.2) is 0 Å². The summed E-state index contributed by atoms with van der Waals surface area (Å²) >= 11 is 0. The van der Waals surface area contributed by atoms with E-state index in [0.717, 1.165) is 16.6 Å². The van der Waals surface area contributed by atoms with Crippen LogP contribution >= 0.6 is 0 Å². The summed E-state index contributed by atoms with van der Waals surface area (Å²) in [7, 11) is 2.34. The fourth-order valence-corrected chi connectivity index (χ4v) is 2.40. The van der Waals surface area contributed by atoms with Crippen LogP contribution in [0.3, 0.4) is 0 Å². The van der Waals surface area contributed by atoms with Crippen molar-refractivity contribution in [2.45, 2.75) is 26.2 Å². The molecule has 1 aromatic rings.